The number of aromatic nitrogens is 2. The number of nitrogens with zero attached hydrogens (tertiary/aromatic N) is 3. The van der Waals surface area contributed by atoms with Gasteiger partial charge in [0, 0.05) is 18.8 Å². The average molecular weight is 468 g/mol. The second-order valence-corrected chi connectivity index (χ2v) is 9.03. The lowest BCUT2D eigenvalue weighted by atomic mass is 9.97. The molecule has 0 saturated carbocycles. The number of hydrogen-bond acceptors (Lipinski definition) is 7. The molecular weight excluding hydrogens is 442 g/mol. The van der Waals surface area contributed by atoms with Crippen molar-refractivity contribution in [2.75, 3.05) is 18.4 Å². The van der Waals surface area contributed by atoms with Gasteiger partial charge in [0.05, 0.1) is 12.5 Å². The van der Waals surface area contributed by atoms with Crippen LogP contribution in [-0.2, 0) is 11.3 Å². The monoisotopic (exact) mass is 467 g/mol. The molecule has 1 aliphatic rings. The molecule has 172 valence electrons. The minimum atomic E-state index is -0.417. The number of benzene rings is 1. The Morgan fingerprint density at radius 1 is 1.09 bits per heavy atom. The van der Waals surface area contributed by atoms with Crippen LogP contribution in [0, 0.1) is 19.8 Å². The van der Waals surface area contributed by atoms with Crippen molar-refractivity contribution >= 4 is 34.7 Å². The zero-order chi connectivity index (χ0) is 23.4. The summed E-state index contributed by atoms with van der Waals surface area (Å²) in [5, 5.41) is 13.7. The van der Waals surface area contributed by atoms with E-state index >= 15 is 0 Å². The first kappa shape index (κ1) is 22.7. The minimum Gasteiger partial charge on any atom is -0.465 e. The second-order valence-electron chi connectivity index (χ2n) is 8.05. The quantitative estimate of drug-likeness (QED) is 0.575. The van der Waals surface area contributed by atoms with E-state index in [9.17, 15) is 14.4 Å². The number of aryl methyl sites for hydroxylation is 2. The zero-order valence-corrected chi connectivity index (χ0v) is 19.3. The van der Waals surface area contributed by atoms with Gasteiger partial charge in [-0.3, -0.25) is 14.4 Å². The molecule has 3 aromatic rings. The number of hydrogen-bond donors (Lipinski definition) is 2. The van der Waals surface area contributed by atoms with E-state index in [1.165, 1.54) is 0 Å². The highest BCUT2D eigenvalue weighted by Gasteiger charge is 2.31. The number of piperidine rings is 1. The molecule has 1 aromatic carbocycles. The number of furan rings is 1. The van der Waals surface area contributed by atoms with E-state index in [2.05, 4.69) is 20.8 Å². The molecule has 3 amide bonds. The fourth-order valence-corrected chi connectivity index (χ4v) is 4.34. The molecule has 1 fully saturated rings. The van der Waals surface area contributed by atoms with Gasteiger partial charge in [-0.2, -0.15) is 0 Å². The van der Waals surface area contributed by atoms with Crippen molar-refractivity contribution < 1.29 is 18.8 Å². The summed E-state index contributed by atoms with van der Waals surface area (Å²) < 4.78 is 5.48. The Morgan fingerprint density at radius 3 is 2.58 bits per heavy atom. The zero-order valence-electron chi connectivity index (χ0n) is 18.5. The largest absolute Gasteiger partial charge is 0.465 e. The van der Waals surface area contributed by atoms with Crippen molar-refractivity contribution in [3.8, 4) is 0 Å². The van der Waals surface area contributed by atoms with Gasteiger partial charge in [0.15, 0.2) is 0 Å². The topological polar surface area (TPSA) is 117 Å². The maximum atomic E-state index is 12.9. The molecule has 0 spiro atoms. The third kappa shape index (κ3) is 5.64. The highest BCUT2D eigenvalue weighted by molar-refractivity contribution is 7.15. The van der Waals surface area contributed by atoms with Crippen LogP contribution in [0.2, 0.25) is 0 Å². The van der Waals surface area contributed by atoms with Gasteiger partial charge in [-0.05, 0) is 51.0 Å². The molecule has 1 atom stereocenters. The van der Waals surface area contributed by atoms with Crippen LogP contribution in [0.4, 0.5) is 5.69 Å². The maximum Gasteiger partial charge on any atom is 0.286 e. The maximum absolute atomic E-state index is 12.9. The Hall–Kier alpha value is -3.53. The molecule has 3 heterocycles. The number of carbonyl (C=O) groups excluding carboxylic acids is 3. The molecule has 0 aliphatic carbocycles. The van der Waals surface area contributed by atoms with Crippen LogP contribution in [0.15, 0.2) is 40.8 Å². The molecule has 1 saturated heterocycles. The summed E-state index contributed by atoms with van der Waals surface area (Å²) in [6.45, 7) is 4.95. The van der Waals surface area contributed by atoms with Crippen molar-refractivity contribution in [1.82, 2.24) is 20.4 Å². The summed E-state index contributed by atoms with van der Waals surface area (Å²) in [6, 6.07) is 11.1. The Labute approximate surface area is 195 Å². The van der Waals surface area contributed by atoms with E-state index in [1.807, 2.05) is 38.1 Å². The Morgan fingerprint density at radius 2 is 1.85 bits per heavy atom. The molecule has 9 nitrogen and oxygen atoms in total. The van der Waals surface area contributed by atoms with Gasteiger partial charge >= 0.3 is 0 Å². The Kier molecular flexibility index (Phi) is 6.83. The lowest BCUT2D eigenvalue weighted by molar-refractivity contribution is -0.126. The van der Waals surface area contributed by atoms with Gasteiger partial charge in [-0.25, -0.2) is 0 Å². The fourth-order valence-electron chi connectivity index (χ4n) is 3.63. The number of anilines is 1. The normalized spacial score (nSPS) is 15.8. The lowest BCUT2D eigenvalue weighted by Gasteiger charge is -2.31. The lowest BCUT2D eigenvalue weighted by Crippen LogP contribution is -2.45. The number of rotatable bonds is 6. The molecule has 1 aliphatic heterocycles. The van der Waals surface area contributed by atoms with E-state index in [0.717, 1.165) is 22.7 Å². The second kappa shape index (κ2) is 9.95. The first-order valence-corrected chi connectivity index (χ1v) is 11.5. The van der Waals surface area contributed by atoms with Crippen LogP contribution < -0.4 is 10.6 Å². The van der Waals surface area contributed by atoms with E-state index in [0.29, 0.717) is 43.9 Å². The highest BCUT2D eigenvalue weighted by Crippen LogP contribution is 2.21. The third-order valence-corrected chi connectivity index (χ3v) is 6.33. The van der Waals surface area contributed by atoms with Crippen molar-refractivity contribution in [1.29, 1.82) is 0 Å². The van der Waals surface area contributed by atoms with Gasteiger partial charge in [-0.1, -0.05) is 29.0 Å². The summed E-state index contributed by atoms with van der Waals surface area (Å²) in [5.74, 6) is 0.320. The predicted molar refractivity (Wildman–Crippen MR) is 123 cm³/mol. The van der Waals surface area contributed by atoms with Gasteiger partial charge in [0.1, 0.15) is 11.5 Å². The van der Waals surface area contributed by atoms with Crippen LogP contribution in [0.5, 0.6) is 0 Å². The molecule has 0 bridgehead atoms. The first-order chi connectivity index (χ1) is 15.9. The van der Waals surface area contributed by atoms with E-state index in [4.69, 9.17) is 4.42 Å². The number of likely N-dealkylation sites (tertiary alicyclic amines) is 1. The van der Waals surface area contributed by atoms with Crippen molar-refractivity contribution in [2.45, 2.75) is 33.2 Å². The van der Waals surface area contributed by atoms with Gasteiger partial charge in [0.25, 0.3) is 11.8 Å². The average Bonchev–Trinajstić information content (AvgIpc) is 3.48. The molecule has 2 N–H and O–H groups in total. The van der Waals surface area contributed by atoms with Crippen molar-refractivity contribution in [3.63, 3.8) is 0 Å². The van der Waals surface area contributed by atoms with Crippen LogP contribution >= 0.6 is 11.3 Å². The molecule has 0 radical (unpaired) electrons. The van der Waals surface area contributed by atoms with Gasteiger partial charge < -0.3 is 20.0 Å². The SMILES string of the molecule is Cc1ccc(NC(=O)c2nnc(C(=O)N3CCC[C@H](C(=O)NCc4ccc(C)o4)C3)s2)cc1. The van der Waals surface area contributed by atoms with Crippen LogP contribution in [0.1, 0.15) is 49.5 Å². The smallest absolute Gasteiger partial charge is 0.286 e. The van der Waals surface area contributed by atoms with E-state index in [-0.39, 0.29) is 27.7 Å². The summed E-state index contributed by atoms with van der Waals surface area (Å²) in [5.41, 5.74) is 1.73. The van der Waals surface area contributed by atoms with Crippen molar-refractivity contribution in [3.05, 3.63) is 63.5 Å². The minimum absolute atomic E-state index is 0.110. The fraction of sp³-hybridized carbons (Fsp3) is 0.348. The summed E-state index contributed by atoms with van der Waals surface area (Å²) >= 11 is 0.946. The Balaban J connectivity index is 1.33. The standard InChI is InChI=1S/C23H25N5O4S/c1-14-5-8-17(9-6-14)25-20(30)21-26-27-22(33-21)23(31)28-11-3-4-16(13-28)19(29)24-12-18-10-7-15(2)32-18/h5-10,16H,3-4,11-13H2,1-2H3,(H,24,29)(H,25,30)/t16-/m0/s1. The molecular formula is C23H25N5O4S. The summed E-state index contributed by atoms with van der Waals surface area (Å²) in [4.78, 5) is 39.6. The summed E-state index contributed by atoms with van der Waals surface area (Å²) in [6.07, 6.45) is 1.41. The Bertz CT molecular complexity index is 1150. The highest BCUT2D eigenvalue weighted by atomic mass is 32.1. The first-order valence-electron chi connectivity index (χ1n) is 10.7. The third-order valence-electron chi connectivity index (χ3n) is 5.42. The number of carbonyl (C=O) groups is 3. The van der Waals surface area contributed by atoms with Gasteiger partial charge in [0.2, 0.25) is 15.9 Å². The molecule has 10 heteroatoms. The summed E-state index contributed by atoms with van der Waals surface area (Å²) in [7, 11) is 0. The van der Waals surface area contributed by atoms with E-state index < -0.39 is 5.91 Å². The van der Waals surface area contributed by atoms with Crippen LogP contribution in [-0.4, -0.2) is 45.9 Å². The van der Waals surface area contributed by atoms with Gasteiger partial charge in [-0.15, -0.1) is 10.2 Å². The van der Waals surface area contributed by atoms with Crippen LogP contribution in [0.25, 0.3) is 0 Å². The predicted octanol–water partition coefficient (Wildman–Crippen LogP) is 3.17. The molecule has 4 rings (SSSR count). The molecule has 0 unspecified atom stereocenters. The molecule has 33 heavy (non-hydrogen) atoms. The number of amides is 3. The molecule has 2 aromatic heterocycles. The number of nitrogens with one attached hydrogen (secondary N) is 2. The van der Waals surface area contributed by atoms with Crippen LogP contribution in [0.3, 0.4) is 0 Å². The van der Waals surface area contributed by atoms with Crippen molar-refractivity contribution in [2.24, 2.45) is 5.92 Å². The van der Waals surface area contributed by atoms with E-state index in [1.54, 1.807) is 17.0 Å².